The number of carbonyl (C=O) groups excluding carboxylic acids is 3. The summed E-state index contributed by atoms with van der Waals surface area (Å²) in [6.45, 7) is 0. The first-order valence-corrected chi connectivity index (χ1v) is 14.1. The summed E-state index contributed by atoms with van der Waals surface area (Å²) in [6.07, 6.45) is 12.2. The van der Waals surface area contributed by atoms with Gasteiger partial charge in [-0.15, -0.1) is 0 Å². The summed E-state index contributed by atoms with van der Waals surface area (Å²) in [7, 11) is 0. The molecule has 5 rings (SSSR count). The number of rotatable bonds is 8. The van der Waals surface area contributed by atoms with Crippen molar-refractivity contribution >= 4 is 42.0 Å². The van der Waals surface area contributed by atoms with Crippen molar-refractivity contribution in [3.05, 3.63) is 155 Å². The standard InChI is InChI=1S/C38H30O5/c39-36(24-18-28-8-3-1-4-9-28)42-34-20-14-30(15-21-34)26-32-12-7-13-33(38(32)41)27-31-16-22-35(23-17-31)43-37(40)25-19-29-10-5-2-6-11-29/h1-6,8-11,14-27H,7,12-13H2/b24-18+,25-19+,32-26+,33-27+. The molecule has 0 heterocycles. The summed E-state index contributed by atoms with van der Waals surface area (Å²) in [5.41, 5.74) is 5.02. The summed E-state index contributed by atoms with van der Waals surface area (Å²) in [6, 6.07) is 33.2. The fourth-order valence-corrected chi connectivity index (χ4v) is 4.60. The highest BCUT2D eigenvalue weighted by Gasteiger charge is 2.20. The molecule has 0 saturated heterocycles. The molecule has 1 saturated carbocycles. The molecule has 5 heteroatoms. The molecule has 1 fully saturated rings. The van der Waals surface area contributed by atoms with Crippen molar-refractivity contribution in [2.45, 2.75) is 19.3 Å². The molecular formula is C38H30O5. The number of hydrogen-bond acceptors (Lipinski definition) is 5. The first-order valence-electron chi connectivity index (χ1n) is 14.1. The molecule has 0 unspecified atom stereocenters. The predicted molar refractivity (Wildman–Crippen MR) is 170 cm³/mol. The van der Waals surface area contributed by atoms with Gasteiger partial charge < -0.3 is 9.47 Å². The lowest BCUT2D eigenvalue weighted by Gasteiger charge is -2.16. The molecule has 1 aliphatic rings. The summed E-state index contributed by atoms with van der Waals surface area (Å²) in [5, 5.41) is 0. The van der Waals surface area contributed by atoms with Crippen LogP contribution in [-0.4, -0.2) is 17.7 Å². The molecule has 0 spiro atoms. The quantitative estimate of drug-likeness (QED) is 0.122. The van der Waals surface area contributed by atoms with Crippen LogP contribution in [0.3, 0.4) is 0 Å². The Kier molecular flexibility index (Phi) is 9.68. The first-order chi connectivity index (χ1) is 21.0. The highest BCUT2D eigenvalue weighted by Crippen LogP contribution is 2.29. The van der Waals surface area contributed by atoms with Crippen molar-refractivity contribution in [1.82, 2.24) is 0 Å². The fourth-order valence-electron chi connectivity index (χ4n) is 4.60. The van der Waals surface area contributed by atoms with E-state index < -0.39 is 11.9 Å². The van der Waals surface area contributed by atoms with Crippen LogP contribution in [-0.2, 0) is 14.4 Å². The van der Waals surface area contributed by atoms with Gasteiger partial charge in [0.2, 0.25) is 0 Å². The number of hydrogen-bond donors (Lipinski definition) is 0. The molecular weight excluding hydrogens is 536 g/mol. The maximum absolute atomic E-state index is 13.2. The van der Waals surface area contributed by atoms with Gasteiger partial charge in [0, 0.05) is 23.3 Å². The van der Waals surface area contributed by atoms with Gasteiger partial charge in [-0.05, 0) is 90.1 Å². The van der Waals surface area contributed by atoms with E-state index in [0.29, 0.717) is 24.3 Å². The average Bonchev–Trinajstić information content (AvgIpc) is 3.04. The summed E-state index contributed by atoms with van der Waals surface area (Å²) in [4.78, 5) is 37.6. The maximum atomic E-state index is 13.2. The van der Waals surface area contributed by atoms with Crippen LogP contribution < -0.4 is 9.47 Å². The van der Waals surface area contributed by atoms with E-state index in [1.165, 1.54) is 12.2 Å². The molecule has 0 aromatic heterocycles. The summed E-state index contributed by atoms with van der Waals surface area (Å²) in [5.74, 6) is -0.0329. The third kappa shape index (κ3) is 8.72. The van der Waals surface area contributed by atoms with Gasteiger partial charge in [0.05, 0.1) is 0 Å². The van der Waals surface area contributed by atoms with E-state index in [2.05, 4.69) is 0 Å². The van der Waals surface area contributed by atoms with E-state index in [1.807, 2.05) is 97.1 Å². The Morgan fingerprint density at radius 2 is 0.907 bits per heavy atom. The average molecular weight is 567 g/mol. The molecule has 1 aliphatic carbocycles. The summed E-state index contributed by atoms with van der Waals surface area (Å²) >= 11 is 0. The Morgan fingerprint density at radius 3 is 1.30 bits per heavy atom. The Bertz CT molecular complexity index is 1570. The number of ketones is 1. The first kappa shape index (κ1) is 29.0. The van der Waals surface area contributed by atoms with Gasteiger partial charge >= 0.3 is 11.9 Å². The Morgan fingerprint density at radius 1 is 0.512 bits per heavy atom. The lowest BCUT2D eigenvalue weighted by Crippen LogP contribution is -2.12. The summed E-state index contributed by atoms with van der Waals surface area (Å²) < 4.78 is 10.8. The van der Waals surface area contributed by atoms with Gasteiger partial charge in [-0.3, -0.25) is 4.79 Å². The third-order valence-corrected chi connectivity index (χ3v) is 6.78. The molecule has 0 atom stereocenters. The number of ether oxygens (including phenoxy) is 2. The van der Waals surface area contributed by atoms with E-state index in [0.717, 1.165) is 39.8 Å². The molecule has 4 aromatic carbocycles. The van der Waals surface area contributed by atoms with Crippen molar-refractivity contribution in [2.75, 3.05) is 0 Å². The van der Waals surface area contributed by atoms with Crippen LogP contribution in [0.1, 0.15) is 41.5 Å². The van der Waals surface area contributed by atoms with Crippen LogP contribution in [0.25, 0.3) is 24.3 Å². The number of benzene rings is 4. The van der Waals surface area contributed by atoms with Crippen molar-refractivity contribution in [3.8, 4) is 11.5 Å². The van der Waals surface area contributed by atoms with E-state index in [-0.39, 0.29) is 5.78 Å². The number of carbonyl (C=O) groups is 3. The number of allylic oxidation sites excluding steroid dienone is 2. The molecule has 5 nitrogen and oxygen atoms in total. The van der Waals surface area contributed by atoms with Gasteiger partial charge in [0.15, 0.2) is 5.78 Å². The van der Waals surface area contributed by atoms with Crippen molar-refractivity contribution in [3.63, 3.8) is 0 Å². The molecule has 0 N–H and O–H groups in total. The highest BCUT2D eigenvalue weighted by atomic mass is 16.5. The maximum Gasteiger partial charge on any atom is 0.336 e. The van der Waals surface area contributed by atoms with Crippen LogP contribution in [0.15, 0.2) is 132 Å². The van der Waals surface area contributed by atoms with Crippen LogP contribution in [0, 0.1) is 0 Å². The van der Waals surface area contributed by atoms with E-state index in [4.69, 9.17) is 9.47 Å². The molecule has 0 bridgehead atoms. The van der Waals surface area contributed by atoms with E-state index in [1.54, 1.807) is 36.4 Å². The number of Topliss-reactive ketones (excluding diaryl/α,β-unsaturated/α-hetero) is 1. The van der Waals surface area contributed by atoms with Crippen molar-refractivity contribution < 1.29 is 23.9 Å². The zero-order chi connectivity index (χ0) is 29.9. The predicted octanol–water partition coefficient (Wildman–Crippen LogP) is 8.14. The lowest BCUT2D eigenvalue weighted by atomic mass is 9.87. The second kappa shape index (κ2) is 14.4. The Labute approximate surface area is 251 Å². The normalized spacial score (nSPS) is 15.3. The van der Waals surface area contributed by atoms with Crippen molar-refractivity contribution in [2.24, 2.45) is 0 Å². The highest BCUT2D eigenvalue weighted by molar-refractivity contribution is 6.14. The molecule has 4 aromatic rings. The fraction of sp³-hybridized carbons (Fsp3) is 0.0789. The SMILES string of the molecule is O=C(/C=C/c1ccccc1)Oc1ccc(/C=C2\CCC/C(=C\c3ccc(OC(=O)/C=C/c4ccccc4)cc3)C2=O)cc1. The minimum absolute atomic E-state index is 0.0226. The van der Waals surface area contributed by atoms with Gasteiger partial charge in [0.1, 0.15) is 11.5 Å². The van der Waals surface area contributed by atoms with Gasteiger partial charge in [-0.2, -0.15) is 0 Å². The van der Waals surface area contributed by atoms with Gasteiger partial charge in [-0.1, -0.05) is 84.9 Å². The molecule has 0 aliphatic heterocycles. The second-order valence-corrected chi connectivity index (χ2v) is 9.99. The second-order valence-electron chi connectivity index (χ2n) is 9.99. The van der Waals surface area contributed by atoms with E-state index in [9.17, 15) is 14.4 Å². The number of esters is 2. The largest absolute Gasteiger partial charge is 0.423 e. The third-order valence-electron chi connectivity index (χ3n) is 6.78. The zero-order valence-corrected chi connectivity index (χ0v) is 23.5. The van der Waals surface area contributed by atoms with Crippen molar-refractivity contribution in [1.29, 1.82) is 0 Å². The Hall–Kier alpha value is -5.55. The van der Waals surface area contributed by atoms with Crippen LogP contribution in [0.5, 0.6) is 11.5 Å². The zero-order valence-electron chi connectivity index (χ0n) is 23.5. The topological polar surface area (TPSA) is 69.7 Å². The van der Waals surface area contributed by atoms with Gasteiger partial charge in [0.25, 0.3) is 0 Å². The lowest BCUT2D eigenvalue weighted by molar-refractivity contribution is -0.129. The smallest absolute Gasteiger partial charge is 0.336 e. The van der Waals surface area contributed by atoms with E-state index >= 15 is 0 Å². The minimum atomic E-state index is -0.460. The molecule has 212 valence electrons. The Balaban J connectivity index is 1.17. The monoisotopic (exact) mass is 566 g/mol. The van der Waals surface area contributed by atoms with Crippen LogP contribution in [0.2, 0.25) is 0 Å². The molecule has 0 radical (unpaired) electrons. The van der Waals surface area contributed by atoms with Crippen LogP contribution >= 0.6 is 0 Å². The van der Waals surface area contributed by atoms with Gasteiger partial charge in [-0.25, -0.2) is 9.59 Å². The molecule has 43 heavy (non-hydrogen) atoms. The molecule has 0 amide bonds. The minimum Gasteiger partial charge on any atom is -0.423 e. The van der Waals surface area contributed by atoms with Crippen LogP contribution in [0.4, 0.5) is 0 Å².